The fourth-order valence-electron chi connectivity index (χ4n) is 14.8. The Hall–Kier alpha value is -8.96. The number of thiophene rings is 1. The van der Waals surface area contributed by atoms with E-state index in [0.717, 1.165) is 0 Å². The molecule has 0 aliphatic carbocycles. The lowest BCUT2D eigenvalue weighted by Crippen LogP contribution is -2.60. The highest BCUT2D eigenvalue weighted by Gasteiger charge is 2.47. The van der Waals surface area contributed by atoms with Crippen molar-refractivity contribution in [1.29, 1.82) is 0 Å². The Morgan fingerprint density at radius 2 is 0.685 bits per heavy atom. The SMILES string of the molecule is CC(C)(C)c1ccc(-c2ccc3c(c2)B2c4sc5ccc(C(C)(C)C)cc5c4N(c4ccc(C(C)(C)C)cc4-c4ccc5c6ccccc6c6ccccc6c5c4)c4cccc(c42)N3c2c(-c3ccc(C(C)(C)C)cc3)cccc2-c2ccc(C(C)(C)C)cc2)cc1. The summed E-state index contributed by atoms with van der Waals surface area (Å²) in [7, 11) is 0. The van der Waals surface area contributed by atoms with Crippen LogP contribution < -0.4 is 25.5 Å². The molecule has 15 rings (SSSR count). The van der Waals surface area contributed by atoms with Crippen LogP contribution in [0.1, 0.15) is 132 Å². The minimum Gasteiger partial charge on any atom is -0.310 e. The minimum atomic E-state index is -0.117. The molecule has 0 saturated carbocycles. The van der Waals surface area contributed by atoms with Crippen LogP contribution in [0.4, 0.5) is 34.1 Å². The average molecular weight is 1210 g/mol. The maximum absolute atomic E-state index is 2.71. The summed E-state index contributed by atoms with van der Waals surface area (Å²) in [5.74, 6) is 0. The van der Waals surface area contributed by atoms with E-state index in [2.05, 4.69) is 344 Å². The number of anilines is 6. The molecule has 454 valence electrons. The summed E-state index contributed by atoms with van der Waals surface area (Å²) < 4.78 is 2.65. The van der Waals surface area contributed by atoms with Gasteiger partial charge in [0.25, 0.3) is 6.71 Å². The number of para-hydroxylation sites is 1. The second kappa shape index (κ2) is 21.3. The van der Waals surface area contributed by atoms with Crippen molar-refractivity contribution in [3.05, 3.63) is 258 Å². The van der Waals surface area contributed by atoms with Gasteiger partial charge in [0, 0.05) is 48.6 Å². The van der Waals surface area contributed by atoms with E-state index < -0.39 is 0 Å². The first kappa shape index (κ1) is 59.4. The minimum absolute atomic E-state index is 0.00282. The molecule has 2 aliphatic rings. The molecule has 1 aromatic heterocycles. The van der Waals surface area contributed by atoms with Gasteiger partial charge in [-0.05, 0) is 174 Å². The molecule has 0 radical (unpaired) electrons. The summed E-state index contributed by atoms with van der Waals surface area (Å²) in [6.07, 6.45) is 0. The summed E-state index contributed by atoms with van der Waals surface area (Å²) in [6, 6.07) is 89.8. The molecule has 0 bridgehead atoms. The van der Waals surface area contributed by atoms with Crippen LogP contribution in [0.25, 0.3) is 86.9 Å². The van der Waals surface area contributed by atoms with Gasteiger partial charge >= 0.3 is 0 Å². The van der Waals surface area contributed by atoms with Gasteiger partial charge in [0.05, 0.1) is 17.1 Å². The van der Waals surface area contributed by atoms with Gasteiger partial charge in [-0.1, -0.05) is 286 Å². The molecular formula is C88H83BN2S. The first-order chi connectivity index (χ1) is 43.8. The van der Waals surface area contributed by atoms with Crippen molar-refractivity contribution in [1.82, 2.24) is 0 Å². The van der Waals surface area contributed by atoms with E-state index in [0.29, 0.717) is 0 Å². The average Bonchev–Trinajstić information content (AvgIpc) is 1.25. The normalized spacial score (nSPS) is 13.5. The third-order valence-corrected chi connectivity index (χ3v) is 21.3. The van der Waals surface area contributed by atoms with Crippen LogP contribution in [0.2, 0.25) is 0 Å². The third-order valence-electron chi connectivity index (χ3n) is 20.1. The number of fused-ring (bicyclic) bond motifs is 12. The Bertz CT molecular complexity index is 4990. The van der Waals surface area contributed by atoms with Crippen LogP contribution in [-0.4, -0.2) is 6.71 Å². The maximum atomic E-state index is 2.71. The monoisotopic (exact) mass is 1210 g/mol. The van der Waals surface area contributed by atoms with Crippen LogP contribution >= 0.6 is 11.3 Å². The van der Waals surface area contributed by atoms with E-state index >= 15 is 0 Å². The molecule has 0 atom stereocenters. The number of nitrogens with zero attached hydrogens (tertiary/aromatic N) is 2. The van der Waals surface area contributed by atoms with Crippen molar-refractivity contribution in [2.24, 2.45) is 0 Å². The predicted octanol–water partition coefficient (Wildman–Crippen LogP) is 23.6. The van der Waals surface area contributed by atoms with Crippen LogP contribution in [0.3, 0.4) is 0 Å². The van der Waals surface area contributed by atoms with Crippen LogP contribution in [0, 0.1) is 0 Å². The smallest absolute Gasteiger partial charge is 0.264 e. The predicted molar refractivity (Wildman–Crippen MR) is 404 cm³/mol. The highest BCUT2D eigenvalue weighted by molar-refractivity contribution is 7.33. The fraction of sp³-hybridized carbons (Fsp3) is 0.227. The van der Waals surface area contributed by atoms with Gasteiger partial charge in [-0.15, -0.1) is 11.3 Å². The molecule has 0 unspecified atom stereocenters. The van der Waals surface area contributed by atoms with Crippen molar-refractivity contribution in [2.75, 3.05) is 9.80 Å². The van der Waals surface area contributed by atoms with Gasteiger partial charge in [0.15, 0.2) is 0 Å². The van der Waals surface area contributed by atoms with Crippen molar-refractivity contribution in [2.45, 2.75) is 131 Å². The molecule has 3 heterocycles. The van der Waals surface area contributed by atoms with Crippen molar-refractivity contribution < 1.29 is 0 Å². The lowest BCUT2D eigenvalue weighted by atomic mass is 9.36. The van der Waals surface area contributed by atoms with Gasteiger partial charge in [-0.2, -0.15) is 0 Å². The van der Waals surface area contributed by atoms with Crippen LogP contribution in [0.15, 0.2) is 231 Å². The zero-order chi connectivity index (χ0) is 64.1. The second-order valence-electron chi connectivity index (χ2n) is 31.4. The van der Waals surface area contributed by atoms with E-state index in [1.807, 2.05) is 11.3 Å². The molecule has 2 nitrogen and oxygen atoms in total. The number of hydrogen-bond acceptors (Lipinski definition) is 3. The largest absolute Gasteiger partial charge is 0.310 e. The van der Waals surface area contributed by atoms with Crippen molar-refractivity contribution in [3.8, 4) is 44.5 Å². The maximum Gasteiger partial charge on any atom is 0.264 e. The van der Waals surface area contributed by atoms with Gasteiger partial charge in [-0.25, -0.2) is 0 Å². The van der Waals surface area contributed by atoms with Gasteiger partial charge in [0.1, 0.15) is 0 Å². The Kier molecular flexibility index (Phi) is 13.7. The van der Waals surface area contributed by atoms with E-state index in [1.54, 1.807) is 0 Å². The Morgan fingerprint density at radius 1 is 0.272 bits per heavy atom. The van der Waals surface area contributed by atoms with E-state index in [4.69, 9.17) is 0 Å². The molecule has 0 fully saturated rings. The lowest BCUT2D eigenvalue weighted by molar-refractivity contribution is 0.590. The zero-order valence-electron chi connectivity index (χ0n) is 56.3. The molecule has 0 amide bonds. The molecule has 13 aromatic rings. The van der Waals surface area contributed by atoms with Gasteiger partial charge in [-0.3, -0.25) is 0 Å². The number of hydrogen-bond donors (Lipinski definition) is 0. The molecule has 12 aromatic carbocycles. The number of rotatable bonds is 6. The van der Waals surface area contributed by atoms with Gasteiger partial charge in [0.2, 0.25) is 0 Å². The summed E-state index contributed by atoms with van der Waals surface area (Å²) >= 11 is 1.98. The standard InChI is InChI=1S/C88H83BN2S/c1-84(2,3)59-38-30-54(31-39-59)57-37-47-76-74(51-57)89-80-77(28-21-29-78(80)91(76)81-64(55-32-40-60(41-33-55)85(4,5)6)26-20-27-65(81)56-34-42-61(43-35-56)86(7,8)9)90(82-73-53-63(88(13,14)15)45-49-79(73)92-83(82)89)75-48-44-62(87(10,11)12)52-71(75)58-36-46-70-68-24-17-16-22-66(68)67-23-18-19-25-69(67)72(70)50-58/h16-53H,1-15H3. The number of benzene rings is 12. The molecule has 0 saturated heterocycles. The van der Waals surface area contributed by atoms with Gasteiger partial charge < -0.3 is 9.80 Å². The molecule has 2 aliphatic heterocycles. The third kappa shape index (κ3) is 9.90. The Balaban J connectivity index is 1.06. The van der Waals surface area contributed by atoms with E-state index in [9.17, 15) is 0 Å². The zero-order valence-corrected chi connectivity index (χ0v) is 57.1. The molecule has 4 heteroatoms. The summed E-state index contributed by atoms with van der Waals surface area (Å²) in [5, 5.41) is 8.95. The Morgan fingerprint density at radius 3 is 1.21 bits per heavy atom. The molecule has 0 N–H and O–H groups in total. The topological polar surface area (TPSA) is 6.48 Å². The highest BCUT2D eigenvalue weighted by Crippen LogP contribution is 2.54. The quantitative estimate of drug-likeness (QED) is 0.121. The second-order valence-corrected chi connectivity index (χ2v) is 32.5. The summed E-state index contributed by atoms with van der Waals surface area (Å²) in [4.78, 5) is 5.38. The fourth-order valence-corrected chi connectivity index (χ4v) is 16.1. The Labute approximate surface area is 550 Å². The summed E-state index contributed by atoms with van der Waals surface area (Å²) in [6.45, 7) is 34.8. The first-order valence-electron chi connectivity index (χ1n) is 33.2. The van der Waals surface area contributed by atoms with Crippen molar-refractivity contribution >= 4 is 110 Å². The van der Waals surface area contributed by atoms with E-state index in [-0.39, 0.29) is 33.8 Å². The molecule has 92 heavy (non-hydrogen) atoms. The van der Waals surface area contributed by atoms with Crippen LogP contribution in [0.5, 0.6) is 0 Å². The highest BCUT2D eigenvalue weighted by atomic mass is 32.1. The molecule has 0 spiro atoms. The van der Waals surface area contributed by atoms with E-state index in [1.165, 1.54) is 165 Å². The lowest BCUT2D eigenvalue weighted by Gasteiger charge is -2.44. The van der Waals surface area contributed by atoms with Crippen molar-refractivity contribution in [3.63, 3.8) is 0 Å². The summed E-state index contributed by atoms with van der Waals surface area (Å²) in [5.41, 5.74) is 25.8. The first-order valence-corrected chi connectivity index (χ1v) is 34.0. The van der Waals surface area contributed by atoms with Crippen LogP contribution in [-0.2, 0) is 27.1 Å². The molecular weight excluding hydrogens is 1130 g/mol.